The monoisotopic (exact) mass is 481 g/mol. The minimum Gasteiger partial charge on any atom is -0.457 e. The average molecular weight is 482 g/mol. The van der Waals surface area contributed by atoms with Gasteiger partial charge in [0.1, 0.15) is 17.2 Å². The second-order valence-corrected chi connectivity index (χ2v) is 9.52. The first-order chi connectivity index (χ1) is 16.3. The Bertz CT molecular complexity index is 1090. The van der Waals surface area contributed by atoms with Gasteiger partial charge in [0, 0.05) is 41.5 Å². The lowest BCUT2D eigenvalue weighted by Crippen LogP contribution is -2.50. The number of carbonyl (C=O) groups excluding carboxylic acids is 1. The zero-order chi connectivity index (χ0) is 24.2. The van der Waals surface area contributed by atoms with Gasteiger partial charge in [0.15, 0.2) is 0 Å². The molecule has 2 atom stereocenters. The van der Waals surface area contributed by atoms with Gasteiger partial charge in [-0.2, -0.15) is 0 Å². The molecule has 1 amide bonds. The Morgan fingerprint density at radius 1 is 1.15 bits per heavy atom. The third-order valence-electron chi connectivity index (χ3n) is 6.32. The molecule has 2 aromatic rings. The van der Waals surface area contributed by atoms with Crippen LogP contribution in [0, 0.1) is 12.3 Å². The summed E-state index contributed by atoms with van der Waals surface area (Å²) in [4.78, 5) is 14.7. The SMILES string of the molecule is Cc1c(Cl)cccc1Oc1ccc(CNC2=C(C(=N)C(=O)N3C[C@@H](C)O[C@@H](C)C3)CCC2)cc1. The highest BCUT2D eigenvalue weighted by molar-refractivity contribution is 6.44. The Labute approximate surface area is 206 Å². The predicted molar refractivity (Wildman–Crippen MR) is 135 cm³/mol. The van der Waals surface area contributed by atoms with Gasteiger partial charge in [-0.05, 0) is 69.9 Å². The number of amides is 1. The van der Waals surface area contributed by atoms with E-state index < -0.39 is 0 Å². The van der Waals surface area contributed by atoms with Crippen LogP contribution in [0.3, 0.4) is 0 Å². The molecule has 1 fully saturated rings. The standard InChI is InChI=1S/C27H32ClN3O3/c1-17-15-31(16-18(2)33-17)27(32)26(29)22-6-4-8-24(22)30-14-20-10-12-21(13-11-20)34-25-9-5-7-23(28)19(25)3/h5,7,9-13,17-18,29-30H,4,6,8,14-16H2,1-3H3/t17-,18+. The topological polar surface area (TPSA) is 74.7 Å². The molecular formula is C27H32ClN3O3. The van der Waals surface area contributed by atoms with E-state index in [-0.39, 0.29) is 23.8 Å². The van der Waals surface area contributed by atoms with Crippen molar-refractivity contribution in [2.24, 2.45) is 0 Å². The summed E-state index contributed by atoms with van der Waals surface area (Å²) in [5.41, 5.74) is 3.97. The lowest BCUT2D eigenvalue weighted by atomic mass is 10.1. The fraction of sp³-hybridized carbons (Fsp3) is 0.407. The Morgan fingerprint density at radius 3 is 2.56 bits per heavy atom. The molecule has 1 aliphatic heterocycles. The summed E-state index contributed by atoms with van der Waals surface area (Å²) >= 11 is 6.18. The van der Waals surface area contributed by atoms with Crippen molar-refractivity contribution in [1.82, 2.24) is 10.2 Å². The molecule has 2 aromatic carbocycles. The van der Waals surface area contributed by atoms with Crippen LogP contribution in [0.5, 0.6) is 11.5 Å². The molecule has 2 N–H and O–H groups in total. The number of allylic oxidation sites excluding steroid dienone is 1. The Balaban J connectivity index is 1.37. The lowest BCUT2D eigenvalue weighted by molar-refractivity contribution is -0.136. The lowest BCUT2D eigenvalue weighted by Gasteiger charge is -2.35. The molecule has 0 bridgehead atoms. The van der Waals surface area contributed by atoms with Gasteiger partial charge >= 0.3 is 0 Å². The number of rotatable bonds is 7. The first-order valence-electron chi connectivity index (χ1n) is 11.8. The van der Waals surface area contributed by atoms with Gasteiger partial charge in [0.2, 0.25) is 0 Å². The van der Waals surface area contributed by atoms with Crippen molar-refractivity contribution in [2.75, 3.05) is 13.1 Å². The minimum absolute atomic E-state index is 0.00889. The molecule has 1 heterocycles. The van der Waals surface area contributed by atoms with E-state index >= 15 is 0 Å². The number of nitrogens with one attached hydrogen (secondary N) is 2. The number of hydrogen-bond donors (Lipinski definition) is 2. The first kappa shape index (κ1) is 24.3. The summed E-state index contributed by atoms with van der Waals surface area (Å²) in [5.74, 6) is 1.29. The predicted octanol–water partition coefficient (Wildman–Crippen LogP) is 5.62. The van der Waals surface area contributed by atoms with Crippen LogP contribution in [-0.2, 0) is 16.1 Å². The number of halogens is 1. The highest BCUT2D eigenvalue weighted by atomic mass is 35.5. The zero-order valence-corrected chi connectivity index (χ0v) is 20.7. The Kier molecular flexibility index (Phi) is 7.59. The summed E-state index contributed by atoms with van der Waals surface area (Å²) in [6, 6.07) is 13.5. The molecule has 0 radical (unpaired) electrons. The molecule has 1 aliphatic carbocycles. The molecule has 7 heteroatoms. The van der Waals surface area contributed by atoms with Gasteiger partial charge in [0.05, 0.1) is 12.2 Å². The van der Waals surface area contributed by atoms with Crippen molar-refractivity contribution < 1.29 is 14.3 Å². The van der Waals surface area contributed by atoms with Crippen molar-refractivity contribution in [2.45, 2.75) is 58.8 Å². The molecule has 0 unspecified atom stereocenters. The van der Waals surface area contributed by atoms with Crippen LogP contribution in [0.2, 0.25) is 5.02 Å². The second-order valence-electron chi connectivity index (χ2n) is 9.12. The third-order valence-corrected chi connectivity index (χ3v) is 6.72. The van der Waals surface area contributed by atoms with Crippen LogP contribution in [0.1, 0.15) is 44.2 Å². The number of carbonyl (C=O) groups is 1. The maximum atomic E-state index is 13.0. The van der Waals surface area contributed by atoms with Crippen LogP contribution < -0.4 is 10.1 Å². The van der Waals surface area contributed by atoms with Crippen molar-refractivity contribution in [1.29, 1.82) is 5.41 Å². The highest BCUT2D eigenvalue weighted by Crippen LogP contribution is 2.30. The third kappa shape index (κ3) is 5.62. The number of hydrogen-bond acceptors (Lipinski definition) is 5. The second kappa shape index (κ2) is 10.6. The molecule has 1 saturated heterocycles. The molecule has 0 spiro atoms. The smallest absolute Gasteiger partial charge is 0.272 e. The summed E-state index contributed by atoms with van der Waals surface area (Å²) in [6.07, 6.45) is 2.55. The van der Waals surface area contributed by atoms with Gasteiger partial charge in [-0.3, -0.25) is 10.2 Å². The van der Waals surface area contributed by atoms with Crippen LogP contribution in [0.4, 0.5) is 0 Å². The van der Waals surface area contributed by atoms with Gasteiger partial charge in [-0.1, -0.05) is 29.8 Å². The highest BCUT2D eigenvalue weighted by Gasteiger charge is 2.31. The van der Waals surface area contributed by atoms with Gasteiger partial charge < -0.3 is 19.7 Å². The minimum atomic E-state index is -0.198. The number of nitrogens with zero attached hydrogens (tertiary/aromatic N) is 1. The van der Waals surface area contributed by atoms with Crippen molar-refractivity contribution in [3.63, 3.8) is 0 Å². The average Bonchev–Trinajstić information content (AvgIpc) is 3.28. The fourth-order valence-electron chi connectivity index (χ4n) is 4.55. The van der Waals surface area contributed by atoms with E-state index in [0.717, 1.165) is 53.2 Å². The summed E-state index contributed by atoms with van der Waals surface area (Å²) in [7, 11) is 0. The first-order valence-corrected chi connectivity index (χ1v) is 12.2. The van der Waals surface area contributed by atoms with E-state index in [1.165, 1.54) is 0 Å². The summed E-state index contributed by atoms with van der Waals surface area (Å²) < 4.78 is 11.7. The normalized spacial score (nSPS) is 20.4. The van der Waals surface area contributed by atoms with Crippen molar-refractivity contribution in [3.8, 4) is 11.5 Å². The van der Waals surface area contributed by atoms with Gasteiger partial charge in [0.25, 0.3) is 5.91 Å². The molecule has 6 nitrogen and oxygen atoms in total. The molecule has 2 aliphatic rings. The molecule has 34 heavy (non-hydrogen) atoms. The van der Waals surface area contributed by atoms with Crippen LogP contribution in [0.25, 0.3) is 0 Å². The Hall–Kier alpha value is -2.83. The fourth-order valence-corrected chi connectivity index (χ4v) is 4.72. The van der Waals surface area contributed by atoms with Crippen molar-refractivity contribution in [3.05, 3.63) is 69.9 Å². The quantitative estimate of drug-likeness (QED) is 0.503. The maximum absolute atomic E-state index is 13.0. The van der Waals surface area contributed by atoms with Crippen LogP contribution in [-0.4, -0.2) is 41.8 Å². The molecule has 180 valence electrons. The largest absolute Gasteiger partial charge is 0.457 e. The van der Waals surface area contributed by atoms with E-state index in [4.69, 9.17) is 26.5 Å². The van der Waals surface area contributed by atoms with Gasteiger partial charge in [-0.25, -0.2) is 0 Å². The van der Waals surface area contributed by atoms with E-state index in [2.05, 4.69) is 5.32 Å². The summed E-state index contributed by atoms with van der Waals surface area (Å²) in [6.45, 7) is 7.56. The van der Waals surface area contributed by atoms with E-state index in [9.17, 15) is 4.79 Å². The zero-order valence-electron chi connectivity index (χ0n) is 20.0. The number of ether oxygens (including phenoxy) is 2. The maximum Gasteiger partial charge on any atom is 0.272 e. The van der Waals surface area contributed by atoms with Crippen LogP contribution in [0.15, 0.2) is 53.7 Å². The summed E-state index contributed by atoms with van der Waals surface area (Å²) in [5, 5.41) is 12.7. The molecule has 0 aromatic heterocycles. The number of benzene rings is 2. The van der Waals surface area contributed by atoms with Crippen molar-refractivity contribution >= 4 is 23.2 Å². The molecule has 0 saturated carbocycles. The molecule has 4 rings (SSSR count). The van der Waals surface area contributed by atoms with Crippen LogP contribution >= 0.6 is 11.6 Å². The number of morpholine rings is 1. The van der Waals surface area contributed by atoms with E-state index in [1.807, 2.05) is 63.2 Å². The molecular weight excluding hydrogens is 450 g/mol. The van der Waals surface area contributed by atoms with Gasteiger partial charge in [-0.15, -0.1) is 0 Å². The van der Waals surface area contributed by atoms with E-state index in [0.29, 0.717) is 24.7 Å². The Morgan fingerprint density at radius 2 is 1.85 bits per heavy atom. The van der Waals surface area contributed by atoms with E-state index in [1.54, 1.807) is 4.90 Å².